The average Bonchev–Trinajstić information content (AvgIpc) is 2.24. The summed E-state index contributed by atoms with van der Waals surface area (Å²) in [6.07, 6.45) is 3.80. The van der Waals surface area contributed by atoms with Crippen LogP contribution in [0.2, 0.25) is 0 Å². The lowest BCUT2D eigenvalue weighted by Crippen LogP contribution is -2.31. The lowest BCUT2D eigenvalue weighted by atomic mass is 9.80. The van der Waals surface area contributed by atoms with Crippen LogP contribution in [0.4, 0.5) is 5.82 Å². The van der Waals surface area contributed by atoms with Crippen LogP contribution in [0, 0.1) is 5.92 Å². The maximum Gasteiger partial charge on any atom is 0.335 e. The van der Waals surface area contributed by atoms with Crippen molar-refractivity contribution in [3.05, 3.63) is 23.4 Å². The Kier molecular flexibility index (Phi) is 4.02. The summed E-state index contributed by atoms with van der Waals surface area (Å²) in [4.78, 5) is 15.9. The molecule has 1 aliphatic rings. The van der Waals surface area contributed by atoms with Crippen molar-refractivity contribution >= 4 is 11.8 Å². The molecule has 2 N–H and O–H groups in total. The summed E-state index contributed by atoms with van der Waals surface area (Å²) in [5, 5.41) is 12.6. The molecule has 1 aliphatic carbocycles. The fourth-order valence-electron chi connectivity index (χ4n) is 2.40. The van der Waals surface area contributed by atoms with Crippen LogP contribution in [-0.2, 0) is 5.41 Å². The van der Waals surface area contributed by atoms with E-state index in [1.165, 1.54) is 19.3 Å². The van der Waals surface area contributed by atoms with Gasteiger partial charge in [0.15, 0.2) is 0 Å². The molecule has 1 aromatic rings. The molecule has 0 aromatic carbocycles. The molecule has 20 heavy (non-hydrogen) atoms. The molecule has 0 radical (unpaired) electrons. The molecular formula is C16H24N2O2. The molecule has 4 nitrogen and oxygen atoms in total. The predicted molar refractivity (Wildman–Crippen MR) is 80.3 cm³/mol. The summed E-state index contributed by atoms with van der Waals surface area (Å²) in [5.74, 6) is 0.454. The van der Waals surface area contributed by atoms with Crippen LogP contribution in [-0.4, -0.2) is 22.1 Å². The number of nitrogens with zero attached hydrogens (tertiary/aromatic N) is 1. The number of anilines is 1. The lowest BCUT2D eigenvalue weighted by molar-refractivity contribution is 0.0696. The van der Waals surface area contributed by atoms with Gasteiger partial charge in [-0.25, -0.2) is 9.78 Å². The summed E-state index contributed by atoms with van der Waals surface area (Å²) >= 11 is 0. The number of carboxylic acid groups (broad SMARTS) is 1. The van der Waals surface area contributed by atoms with E-state index in [9.17, 15) is 9.90 Å². The Hall–Kier alpha value is -1.58. The smallest absolute Gasteiger partial charge is 0.335 e. The Morgan fingerprint density at radius 3 is 2.50 bits per heavy atom. The molecule has 0 spiro atoms. The minimum atomic E-state index is -0.905. The molecule has 0 aliphatic heterocycles. The van der Waals surface area contributed by atoms with Crippen molar-refractivity contribution in [2.45, 2.75) is 58.4 Å². The van der Waals surface area contributed by atoms with Gasteiger partial charge in [0, 0.05) is 17.2 Å². The van der Waals surface area contributed by atoms with Crippen LogP contribution in [0.15, 0.2) is 12.1 Å². The third-order valence-electron chi connectivity index (χ3n) is 4.07. The molecule has 1 heterocycles. The van der Waals surface area contributed by atoms with E-state index in [1.54, 1.807) is 12.1 Å². The minimum Gasteiger partial charge on any atom is -0.478 e. The van der Waals surface area contributed by atoms with Crippen molar-refractivity contribution in [2.75, 3.05) is 5.32 Å². The Morgan fingerprint density at radius 2 is 2.05 bits per heavy atom. The summed E-state index contributed by atoms with van der Waals surface area (Å²) in [7, 11) is 0. The average molecular weight is 276 g/mol. The highest BCUT2D eigenvalue weighted by molar-refractivity contribution is 5.88. The third-order valence-corrected chi connectivity index (χ3v) is 4.07. The molecule has 4 heteroatoms. The van der Waals surface area contributed by atoms with Crippen LogP contribution < -0.4 is 5.32 Å². The zero-order valence-corrected chi connectivity index (χ0v) is 12.7. The first-order valence-electron chi connectivity index (χ1n) is 7.30. The van der Waals surface area contributed by atoms with Crippen LogP contribution in [0.1, 0.15) is 63.0 Å². The Morgan fingerprint density at radius 1 is 1.40 bits per heavy atom. The lowest BCUT2D eigenvalue weighted by Gasteiger charge is -2.32. The van der Waals surface area contributed by atoms with Gasteiger partial charge in [-0.15, -0.1) is 0 Å². The van der Waals surface area contributed by atoms with Gasteiger partial charge in [-0.1, -0.05) is 27.2 Å². The van der Waals surface area contributed by atoms with Gasteiger partial charge in [-0.3, -0.25) is 0 Å². The van der Waals surface area contributed by atoms with E-state index in [0.29, 0.717) is 23.3 Å². The highest BCUT2D eigenvalue weighted by Gasteiger charge is 2.25. The number of nitrogens with one attached hydrogen (secondary N) is 1. The standard InChI is InChI=1S/C16H24N2O2/c1-10(11-6-5-7-11)17-14-9-12(15(19)20)8-13(18-14)16(2,3)4/h8-11H,5-7H2,1-4H3,(H,17,18)(H,19,20). The fourth-order valence-corrected chi connectivity index (χ4v) is 2.40. The van der Waals surface area contributed by atoms with Crippen molar-refractivity contribution in [3.63, 3.8) is 0 Å². The summed E-state index contributed by atoms with van der Waals surface area (Å²) < 4.78 is 0. The number of hydrogen-bond acceptors (Lipinski definition) is 3. The largest absolute Gasteiger partial charge is 0.478 e. The van der Waals surface area contributed by atoms with Gasteiger partial charge < -0.3 is 10.4 Å². The molecule has 0 bridgehead atoms. The van der Waals surface area contributed by atoms with Crippen LogP contribution in [0.3, 0.4) is 0 Å². The number of carbonyl (C=O) groups is 1. The highest BCUT2D eigenvalue weighted by atomic mass is 16.4. The molecule has 110 valence electrons. The number of carboxylic acids is 1. The Labute approximate surface area is 120 Å². The SMILES string of the molecule is CC(Nc1cc(C(=O)O)cc(C(C)(C)C)n1)C1CCC1. The van der Waals surface area contributed by atoms with Crippen LogP contribution in [0.25, 0.3) is 0 Å². The fraction of sp³-hybridized carbons (Fsp3) is 0.625. The predicted octanol–water partition coefficient (Wildman–Crippen LogP) is 3.68. The first-order valence-corrected chi connectivity index (χ1v) is 7.30. The summed E-state index contributed by atoms with van der Waals surface area (Å²) in [6.45, 7) is 8.27. The highest BCUT2D eigenvalue weighted by Crippen LogP contribution is 2.31. The normalized spacial score (nSPS) is 17.4. The van der Waals surface area contributed by atoms with Gasteiger partial charge in [0.05, 0.1) is 5.56 Å². The number of aromatic carboxylic acids is 1. The second-order valence-corrected chi connectivity index (χ2v) is 6.81. The number of aromatic nitrogens is 1. The quantitative estimate of drug-likeness (QED) is 0.880. The first-order chi connectivity index (χ1) is 9.27. The molecule has 2 rings (SSSR count). The second kappa shape index (κ2) is 5.43. The Balaban J connectivity index is 2.26. The first kappa shape index (κ1) is 14.8. The van der Waals surface area contributed by atoms with E-state index < -0.39 is 5.97 Å². The van der Waals surface area contributed by atoms with E-state index >= 15 is 0 Å². The third kappa shape index (κ3) is 3.30. The van der Waals surface area contributed by atoms with Gasteiger partial charge in [0.25, 0.3) is 0 Å². The molecule has 1 saturated carbocycles. The van der Waals surface area contributed by atoms with Gasteiger partial charge >= 0.3 is 5.97 Å². The van der Waals surface area contributed by atoms with E-state index in [2.05, 4.69) is 17.2 Å². The molecule has 0 saturated heterocycles. The van der Waals surface area contributed by atoms with Gasteiger partial charge in [-0.05, 0) is 37.8 Å². The molecule has 1 atom stereocenters. The summed E-state index contributed by atoms with van der Waals surface area (Å²) in [6, 6.07) is 3.64. The van der Waals surface area contributed by atoms with Crippen LogP contribution in [0.5, 0.6) is 0 Å². The topological polar surface area (TPSA) is 62.2 Å². The number of hydrogen-bond donors (Lipinski definition) is 2. The molecule has 1 aromatic heterocycles. The number of pyridine rings is 1. The molecule has 1 fully saturated rings. The zero-order chi connectivity index (χ0) is 14.9. The van der Waals surface area contributed by atoms with E-state index in [0.717, 1.165) is 5.69 Å². The molecule has 1 unspecified atom stereocenters. The van der Waals surface area contributed by atoms with E-state index in [-0.39, 0.29) is 5.41 Å². The molecule has 0 amide bonds. The maximum absolute atomic E-state index is 11.3. The van der Waals surface area contributed by atoms with Crippen molar-refractivity contribution < 1.29 is 9.90 Å². The molecular weight excluding hydrogens is 252 g/mol. The van der Waals surface area contributed by atoms with E-state index in [4.69, 9.17) is 0 Å². The second-order valence-electron chi connectivity index (χ2n) is 6.81. The number of rotatable bonds is 4. The maximum atomic E-state index is 11.3. The van der Waals surface area contributed by atoms with Gasteiger partial charge in [0.1, 0.15) is 5.82 Å². The van der Waals surface area contributed by atoms with Crippen molar-refractivity contribution in [3.8, 4) is 0 Å². The minimum absolute atomic E-state index is 0.165. The summed E-state index contributed by atoms with van der Waals surface area (Å²) in [5.41, 5.74) is 0.940. The monoisotopic (exact) mass is 276 g/mol. The van der Waals surface area contributed by atoms with Crippen LogP contribution >= 0.6 is 0 Å². The van der Waals surface area contributed by atoms with Gasteiger partial charge in [-0.2, -0.15) is 0 Å². The van der Waals surface area contributed by atoms with E-state index in [1.807, 2.05) is 20.8 Å². The zero-order valence-electron chi connectivity index (χ0n) is 12.7. The van der Waals surface area contributed by atoms with Crippen molar-refractivity contribution in [1.29, 1.82) is 0 Å². The van der Waals surface area contributed by atoms with Crippen molar-refractivity contribution in [2.24, 2.45) is 5.92 Å². The van der Waals surface area contributed by atoms with Crippen molar-refractivity contribution in [1.82, 2.24) is 4.98 Å². The van der Waals surface area contributed by atoms with Gasteiger partial charge in [0.2, 0.25) is 0 Å². The Bertz CT molecular complexity index is 502.